The second kappa shape index (κ2) is 17.8. The summed E-state index contributed by atoms with van der Waals surface area (Å²) < 4.78 is 43.5. The molecule has 2 atom stereocenters. The minimum atomic E-state index is -3.69. The van der Waals surface area contributed by atoms with Gasteiger partial charge in [0.25, 0.3) is 0 Å². The van der Waals surface area contributed by atoms with Gasteiger partial charge < -0.3 is 0 Å². The summed E-state index contributed by atoms with van der Waals surface area (Å²) in [6.07, 6.45) is 2.41. The Morgan fingerprint density at radius 1 is 0.732 bits per heavy atom. The first-order valence-corrected chi connectivity index (χ1v) is 18.4. The summed E-state index contributed by atoms with van der Waals surface area (Å²) in [6, 6.07) is 23.6. The second-order valence-electron chi connectivity index (χ2n) is 9.60. The molecule has 0 spiro atoms. The monoisotopic (exact) mass is 622 g/mol. The molecule has 8 nitrogen and oxygen atoms in total. The van der Waals surface area contributed by atoms with Crippen LogP contribution in [-0.2, 0) is 13.6 Å². The van der Waals surface area contributed by atoms with Crippen molar-refractivity contribution >= 4 is 24.7 Å². The van der Waals surface area contributed by atoms with Crippen molar-refractivity contribution in [1.29, 1.82) is 0 Å². The van der Waals surface area contributed by atoms with Gasteiger partial charge in [-0.1, -0.05) is 0 Å². The van der Waals surface area contributed by atoms with Gasteiger partial charge in [0.2, 0.25) is 0 Å². The number of nitrogens with zero attached hydrogens (tertiary/aromatic N) is 1. The van der Waals surface area contributed by atoms with Crippen molar-refractivity contribution in [3.8, 4) is 17.2 Å². The molecule has 0 aromatic heterocycles. The van der Waals surface area contributed by atoms with Gasteiger partial charge in [0.05, 0.1) is 0 Å². The molecular formula is C30H45N2O6P3. The van der Waals surface area contributed by atoms with E-state index in [1.807, 2.05) is 100 Å². The van der Waals surface area contributed by atoms with Gasteiger partial charge in [-0.2, -0.15) is 0 Å². The number of rotatable bonds is 18. The number of benzene rings is 3. The molecule has 0 saturated heterocycles. The van der Waals surface area contributed by atoms with Gasteiger partial charge >= 0.3 is 249 Å². The summed E-state index contributed by atoms with van der Waals surface area (Å²) in [7, 11) is -7.65. The molecule has 0 heterocycles. The Bertz CT molecular complexity index is 1250. The molecule has 1 N–H and O–H groups in total. The average molecular weight is 623 g/mol. The summed E-state index contributed by atoms with van der Waals surface area (Å²) in [4.78, 5) is 3.49. The first-order chi connectivity index (χ1) is 19.8. The van der Waals surface area contributed by atoms with Crippen molar-refractivity contribution < 1.29 is 27.1 Å². The van der Waals surface area contributed by atoms with Crippen LogP contribution in [0.5, 0.6) is 17.2 Å². The molecule has 41 heavy (non-hydrogen) atoms. The van der Waals surface area contributed by atoms with Gasteiger partial charge in [-0.25, -0.2) is 0 Å². The molecule has 0 amide bonds. The van der Waals surface area contributed by atoms with E-state index in [1.54, 1.807) is 0 Å². The summed E-state index contributed by atoms with van der Waals surface area (Å²) in [5.41, 5.74) is 3.23. The van der Waals surface area contributed by atoms with E-state index >= 15 is 0 Å². The number of hydrogen-bond acceptors (Lipinski definition) is 8. The Balaban J connectivity index is 2.09. The predicted molar refractivity (Wildman–Crippen MR) is 173 cm³/mol. The molecule has 0 aliphatic carbocycles. The van der Waals surface area contributed by atoms with Gasteiger partial charge in [0, 0.05) is 0 Å². The summed E-state index contributed by atoms with van der Waals surface area (Å²) in [6.45, 7) is 13.6. The summed E-state index contributed by atoms with van der Waals surface area (Å²) in [5.74, 6) is 2.02. The molecule has 3 aromatic carbocycles. The molecule has 2 unspecified atom stereocenters. The van der Waals surface area contributed by atoms with Crippen molar-refractivity contribution in [1.82, 2.24) is 4.86 Å². The zero-order valence-corrected chi connectivity index (χ0v) is 27.9. The van der Waals surface area contributed by atoms with Crippen LogP contribution in [0.1, 0.15) is 56.7 Å². The van der Waals surface area contributed by atoms with Crippen LogP contribution in [0, 0.1) is 20.8 Å². The van der Waals surface area contributed by atoms with E-state index in [9.17, 15) is 0 Å². The van der Waals surface area contributed by atoms with Gasteiger partial charge in [-0.3, -0.25) is 0 Å². The Hall–Kier alpha value is -2.01. The molecule has 0 saturated carbocycles. The van der Waals surface area contributed by atoms with E-state index in [2.05, 4.69) is 18.7 Å². The van der Waals surface area contributed by atoms with Gasteiger partial charge in [-0.05, 0) is 0 Å². The van der Waals surface area contributed by atoms with E-state index in [0.717, 1.165) is 36.0 Å². The topological polar surface area (TPSA) is 79.8 Å². The van der Waals surface area contributed by atoms with Gasteiger partial charge in [0.15, 0.2) is 0 Å². The molecule has 0 fully saturated rings. The molecule has 0 bridgehead atoms. The van der Waals surface area contributed by atoms with Crippen LogP contribution in [-0.4, -0.2) is 19.8 Å². The third-order valence-corrected chi connectivity index (χ3v) is 12.0. The zero-order chi connectivity index (χ0) is 29.5. The van der Waals surface area contributed by atoms with Crippen LogP contribution in [0.15, 0.2) is 77.3 Å². The molecule has 3 aromatic rings. The van der Waals surface area contributed by atoms with E-state index in [0.29, 0.717) is 37.1 Å². The Labute approximate surface area is 248 Å². The molecule has 11 heteroatoms. The second-order valence-corrected chi connectivity index (χ2v) is 15.0. The zero-order valence-electron chi connectivity index (χ0n) is 25.0. The van der Waals surface area contributed by atoms with E-state index in [4.69, 9.17) is 31.7 Å². The van der Waals surface area contributed by atoms with Crippen molar-refractivity contribution in [3.05, 3.63) is 89.5 Å². The predicted octanol–water partition coefficient (Wildman–Crippen LogP) is 9.88. The van der Waals surface area contributed by atoms with E-state index in [1.165, 1.54) is 0 Å². The fraction of sp³-hybridized carbons (Fsp3) is 0.400. The third kappa shape index (κ3) is 12.0. The van der Waals surface area contributed by atoms with Crippen molar-refractivity contribution in [2.75, 3.05) is 19.8 Å². The quantitative estimate of drug-likeness (QED) is 0.141. The molecule has 226 valence electrons. The molecule has 0 aliphatic heterocycles. The maximum absolute atomic E-state index is 6.69. The number of nitrogens with one attached hydrogen (secondary N) is 1. The van der Waals surface area contributed by atoms with E-state index < -0.39 is 24.7 Å². The molecule has 3 rings (SSSR count). The number of aryl methyl sites for hydroxylation is 3. The van der Waals surface area contributed by atoms with Crippen LogP contribution in [0.2, 0.25) is 0 Å². The van der Waals surface area contributed by atoms with Crippen LogP contribution in [0.25, 0.3) is 0 Å². The number of hydrogen-bond donors (Lipinski definition) is 1. The Morgan fingerprint density at radius 2 is 1.29 bits per heavy atom. The van der Waals surface area contributed by atoms with Crippen LogP contribution in [0.4, 0.5) is 0 Å². The summed E-state index contributed by atoms with van der Waals surface area (Å²) >= 11 is 0. The first-order valence-electron chi connectivity index (χ1n) is 14.2. The Kier molecular flexibility index (Phi) is 14.6. The average Bonchev–Trinajstić information content (AvgIpc) is 2.93. The van der Waals surface area contributed by atoms with Crippen molar-refractivity contribution in [3.63, 3.8) is 0 Å². The molecule has 0 radical (unpaired) electrons. The normalized spacial score (nSPS) is 13.5. The standard InChI is InChI=1S/C30H45N2O6P3/c1-7-19-33-39(36-28-16-10-13-25(4)22-28)31-41(35-21-9-3,38-30-18-12-15-27(6)24-30)32-40(34-20-8-2)37-29-17-11-14-26(5)23-29/h10-18,22-24,31,40-41H,7-9,19-21H2,1-6H3. The van der Waals surface area contributed by atoms with Crippen molar-refractivity contribution in [2.45, 2.75) is 60.8 Å². The third-order valence-electron chi connectivity index (χ3n) is 5.43. The van der Waals surface area contributed by atoms with Gasteiger partial charge in [-0.15, -0.1) is 0 Å². The molecular weight excluding hydrogens is 577 g/mol. The minimum absolute atomic E-state index is 0.420. The molecule has 0 aliphatic rings. The maximum atomic E-state index is 6.69. The summed E-state index contributed by atoms with van der Waals surface area (Å²) in [5, 5.41) is 0. The fourth-order valence-electron chi connectivity index (χ4n) is 3.56. The van der Waals surface area contributed by atoms with E-state index in [-0.39, 0.29) is 0 Å². The van der Waals surface area contributed by atoms with Crippen LogP contribution < -0.4 is 18.4 Å². The van der Waals surface area contributed by atoms with Crippen LogP contribution in [0.3, 0.4) is 0 Å². The fourth-order valence-corrected chi connectivity index (χ4v) is 10.3. The van der Waals surface area contributed by atoms with Gasteiger partial charge in [0.1, 0.15) is 0 Å². The van der Waals surface area contributed by atoms with Crippen LogP contribution >= 0.6 is 24.7 Å². The first kappa shape index (κ1) is 33.5. The Morgan fingerprint density at radius 3 is 1.90 bits per heavy atom. The van der Waals surface area contributed by atoms with Crippen molar-refractivity contribution in [2.24, 2.45) is 4.52 Å². The SMILES string of the molecule is CCCOP(N[PH](N=[PH](OCCC)Oc1cccc(C)c1)(OCCC)Oc1cccc(C)c1)Oc1cccc(C)c1.